The molecule has 0 aliphatic carbocycles. The summed E-state index contributed by atoms with van der Waals surface area (Å²) in [5, 5.41) is 15.5. The molecule has 3 heterocycles. The smallest absolute Gasteiger partial charge is 0.322 e. The first-order valence-corrected chi connectivity index (χ1v) is 13.3. The fraction of sp³-hybridized carbons (Fsp3) is 0.400. The molecule has 2 saturated heterocycles. The van der Waals surface area contributed by atoms with E-state index in [1.807, 2.05) is 26.0 Å². The lowest BCUT2D eigenvalue weighted by Gasteiger charge is -2.44. The highest BCUT2D eigenvalue weighted by Gasteiger charge is 2.45. The Labute approximate surface area is 212 Å². The summed E-state index contributed by atoms with van der Waals surface area (Å²) in [5.74, 6) is 0.116. The Morgan fingerprint density at radius 3 is 2.51 bits per heavy atom. The molecular formula is C25H27N3O8S. The van der Waals surface area contributed by atoms with Gasteiger partial charge in [0.05, 0.1) is 24.2 Å². The molecule has 2 fully saturated rings. The maximum absolute atomic E-state index is 13.2. The van der Waals surface area contributed by atoms with Crippen molar-refractivity contribution in [1.82, 2.24) is 4.31 Å². The molecule has 2 atom stereocenters. The Bertz CT molecular complexity index is 1530. The Kier molecular flexibility index (Phi) is 6.21. The number of nitrogens with one attached hydrogen (secondary N) is 2. The van der Waals surface area contributed by atoms with Gasteiger partial charge in [-0.2, -0.15) is 4.31 Å². The van der Waals surface area contributed by atoms with E-state index in [2.05, 4.69) is 10.6 Å². The number of aliphatic carboxylic acids is 1. The van der Waals surface area contributed by atoms with Gasteiger partial charge in [0.25, 0.3) is 10.9 Å². The molecule has 2 aromatic carbocycles. The lowest BCUT2D eigenvalue weighted by Crippen LogP contribution is -2.49. The average molecular weight is 530 g/mol. The first-order chi connectivity index (χ1) is 17.5. The van der Waals surface area contributed by atoms with E-state index in [-0.39, 0.29) is 40.3 Å². The lowest BCUT2D eigenvalue weighted by atomic mass is 9.79. The third kappa shape index (κ3) is 4.34. The molecule has 12 heteroatoms. The van der Waals surface area contributed by atoms with E-state index < -0.39 is 38.9 Å². The highest BCUT2D eigenvalue weighted by atomic mass is 32.2. The van der Waals surface area contributed by atoms with Crippen LogP contribution in [-0.2, 0) is 19.6 Å². The van der Waals surface area contributed by atoms with E-state index in [4.69, 9.17) is 9.15 Å². The van der Waals surface area contributed by atoms with Crippen molar-refractivity contribution in [1.29, 1.82) is 0 Å². The fourth-order valence-electron chi connectivity index (χ4n) is 4.87. The van der Waals surface area contributed by atoms with Crippen LogP contribution in [0.4, 0.5) is 17.1 Å². The Balaban J connectivity index is 1.42. The molecule has 3 aromatic rings. The SMILES string of the molecule is Cc1ccc(C(Nc2c(Nc3cccc(S(=O)(=O)N4CCC[C@@H]4C(=O)O)c3)c(=O)c2=O)C2(C)COC2)o1. The maximum atomic E-state index is 13.2. The lowest BCUT2D eigenvalue weighted by molar-refractivity contribution is -0.140. The van der Waals surface area contributed by atoms with E-state index in [1.54, 1.807) is 6.07 Å². The highest BCUT2D eigenvalue weighted by molar-refractivity contribution is 7.89. The monoisotopic (exact) mass is 529 g/mol. The quantitative estimate of drug-likeness (QED) is 0.352. The van der Waals surface area contributed by atoms with E-state index >= 15 is 0 Å². The summed E-state index contributed by atoms with van der Waals surface area (Å²) in [6, 6.07) is 7.81. The fourth-order valence-corrected chi connectivity index (χ4v) is 6.57. The van der Waals surface area contributed by atoms with Crippen molar-refractivity contribution < 1.29 is 27.5 Å². The van der Waals surface area contributed by atoms with Gasteiger partial charge in [0.1, 0.15) is 28.9 Å². The second-order valence-electron chi connectivity index (χ2n) is 9.85. The van der Waals surface area contributed by atoms with Crippen LogP contribution in [0.2, 0.25) is 0 Å². The number of hydrogen-bond donors (Lipinski definition) is 3. The molecule has 0 radical (unpaired) electrons. The van der Waals surface area contributed by atoms with Gasteiger partial charge in [-0.25, -0.2) is 8.42 Å². The zero-order chi connectivity index (χ0) is 26.5. The minimum Gasteiger partial charge on any atom is -0.480 e. The van der Waals surface area contributed by atoms with Gasteiger partial charge >= 0.3 is 5.97 Å². The zero-order valence-corrected chi connectivity index (χ0v) is 21.1. The molecule has 196 valence electrons. The van der Waals surface area contributed by atoms with E-state index in [0.717, 1.165) is 4.31 Å². The van der Waals surface area contributed by atoms with Crippen LogP contribution >= 0.6 is 0 Å². The van der Waals surface area contributed by atoms with Crippen molar-refractivity contribution in [2.45, 2.75) is 43.7 Å². The second kappa shape index (κ2) is 9.12. The van der Waals surface area contributed by atoms with Crippen molar-refractivity contribution in [3.05, 3.63) is 68.4 Å². The van der Waals surface area contributed by atoms with Crippen LogP contribution in [0, 0.1) is 12.3 Å². The molecule has 5 rings (SSSR count). The van der Waals surface area contributed by atoms with Gasteiger partial charge in [0.2, 0.25) is 10.0 Å². The van der Waals surface area contributed by atoms with Gasteiger partial charge in [0, 0.05) is 17.6 Å². The third-order valence-corrected chi connectivity index (χ3v) is 8.91. The summed E-state index contributed by atoms with van der Waals surface area (Å²) in [4.78, 5) is 36.4. The Hall–Kier alpha value is -3.48. The summed E-state index contributed by atoms with van der Waals surface area (Å²) in [7, 11) is -4.08. The van der Waals surface area contributed by atoms with Crippen molar-refractivity contribution in [2.75, 3.05) is 30.4 Å². The number of carboxylic acid groups (broad SMARTS) is 1. The molecule has 1 aromatic heterocycles. The molecule has 1 unspecified atom stereocenters. The zero-order valence-electron chi connectivity index (χ0n) is 20.3. The number of aryl methyl sites for hydroxylation is 1. The number of carboxylic acids is 1. The third-order valence-electron chi connectivity index (χ3n) is 7.00. The van der Waals surface area contributed by atoms with Gasteiger partial charge in [-0.15, -0.1) is 0 Å². The predicted octanol–water partition coefficient (Wildman–Crippen LogP) is 2.36. The number of furan rings is 1. The van der Waals surface area contributed by atoms with Gasteiger partial charge in [0.15, 0.2) is 0 Å². The molecule has 2 aliphatic heterocycles. The molecule has 0 bridgehead atoms. The summed E-state index contributed by atoms with van der Waals surface area (Å²) < 4.78 is 38.5. The van der Waals surface area contributed by atoms with Gasteiger partial charge in [-0.3, -0.25) is 14.4 Å². The standard InChI is InChI=1S/C25H27N3O8S/c1-14-8-9-18(36-14)23(25(2)12-35-13-25)27-20-19(21(29)22(20)30)26-15-5-3-6-16(11-15)37(33,34)28-10-4-7-17(28)24(31)32/h3,5-6,8-9,11,17,23,26-27H,4,7,10,12-13H2,1-2H3,(H,31,32)/t17-,23?/m1/s1. The number of anilines is 3. The van der Waals surface area contributed by atoms with Crippen LogP contribution in [0.3, 0.4) is 0 Å². The Morgan fingerprint density at radius 1 is 1.16 bits per heavy atom. The maximum Gasteiger partial charge on any atom is 0.322 e. The second-order valence-corrected chi connectivity index (χ2v) is 11.7. The first kappa shape index (κ1) is 25.2. The van der Waals surface area contributed by atoms with Gasteiger partial charge in [-0.1, -0.05) is 13.0 Å². The number of hydrogen-bond acceptors (Lipinski definition) is 9. The summed E-state index contributed by atoms with van der Waals surface area (Å²) in [6.07, 6.45) is 0.693. The predicted molar refractivity (Wildman–Crippen MR) is 134 cm³/mol. The minimum absolute atomic E-state index is 0.0150. The number of sulfonamides is 1. The number of ether oxygens (including phenoxy) is 1. The average Bonchev–Trinajstić information content (AvgIpc) is 3.52. The molecule has 0 saturated carbocycles. The minimum atomic E-state index is -4.08. The molecule has 11 nitrogen and oxygen atoms in total. The van der Waals surface area contributed by atoms with Crippen LogP contribution in [0.25, 0.3) is 0 Å². The number of rotatable bonds is 9. The number of carbonyl (C=O) groups is 1. The number of nitrogens with zero attached hydrogens (tertiary/aromatic N) is 1. The van der Waals surface area contributed by atoms with Crippen molar-refractivity contribution in [3.8, 4) is 0 Å². The van der Waals surface area contributed by atoms with E-state index in [0.29, 0.717) is 31.2 Å². The summed E-state index contributed by atoms with van der Waals surface area (Å²) in [6.45, 7) is 4.79. The number of benzene rings is 1. The van der Waals surface area contributed by atoms with Crippen molar-refractivity contribution in [2.24, 2.45) is 5.41 Å². The van der Waals surface area contributed by atoms with Crippen LogP contribution in [0.5, 0.6) is 0 Å². The molecule has 3 N–H and O–H groups in total. The molecular weight excluding hydrogens is 502 g/mol. The summed E-state index contributed by atoms with van der Waals surface area (Å²) >= 11 is 0. The Morgan fingerprint density at radius 2 is 1.89 bits per heavy atom. The molecule has 0 amide bonds. The molecule has 0 spiro atoms. The first-order valence-electron chi connectivity index (χ1n) is 11.9. The van der Waals surface area contributed by atoms with Gasteiger partial charge < -0.3 is 24.9 Å². The van der Waals surface area contributed by atoms with Crippen LogP contribution < -0.4 is 21.5 Å². The van der Waals surface area contributed by atoms with E-state index in [9.17, 15) is 27.9 Å². The topological polar surface area (TPSA) is 155 Å². The highest BCUT2D eigenvalue weighted by Crippen LogP contribution is 2.43. The van der Waals surface area contributed by atoms with Gasteiger partial charge in [-0.05, 0) is 50.1 Å². The largest absolute Gasteiger partial charge is 0.480 e. The molecule has 2 aliphatic rings. The van der Waals surface area contributed by atoms with Crippen LogP contribution in [0.15, 0.2) is 55.3 Å². The van der Waals surface area contributed by atoms with Crippen LogP contribution in [0.1, 0.15) is 37.3 Å². The van der Waals surface area contributed by atoms with E-state index in [1.165, 1.54) is 18.2 Å². The molecule has 37 heavy (non-hydrogen) atoms. The van der Waals surface area contributed by atoms with Crippen molar-refractivity contribution in [3.63, 3.8) is 0 Å². The van der Waals surface area contributed by atoms with Crippen molar-refractivity contribution >= 4 is 33.1 Å². The summed E-state index contributed by atoms with van der Waals surface area (Å²) in [5.41, 5.74) is -1.43. The van der Waals surface area contributed by atoms with Crippen LogP contribution in [-0.4, -0.2) is 49.6 Å². The normalized spacial score (nSPS) is 20.4.